The highest BCUT2D eigenvalue weighted by Crippen LogP contribution is 2.29. The monoisotopic (exact) mass is 274 g/mol. The first-order chi connectivity index (χ1) is 7.74. The molecule has 0 spiro atoms. The van der Waals surface area contributed by atoms with Crippen molar-refractivity contribution < 1.29 is 0 Å². The molecule has 0 aromatic carbocycles. The number of hydrogen-bond donors (Lipinski definition) is 0. The summed E-state index contributed by atoms with van der Waals surface area (Å²) >= 11 is 13.5. The normalized spacial score (nSPS) is 11.2. The molecule has 0 amide bonds. The number of fused-ring (bicyclic) bond motifs is 1. The number of alkyl halides is 1. The minimum atomic E-state index is 0.561. The van der Waals surface area contributed by atoms with Crippen molar-refractivity contribution in [2.75, 3.05) is 5.88 Å². The molecule has 0 N–H and O–H groups in total. The van der Waals surface area contributed by atoms with Gasteiger partial charge >= 0.3 is 0 Å². The van der Waals surface area contributed by atoms with E-state index in [4.69, 9.17) is 23.2 Å². The molecule has 0 aliphatic carbocycles. The zero-order valence-corrected chi connectivity index (χ0v) is 11.3. The maximum absolute atomic E-state index is 6.13. The molecule has 0 unspecified atom stereocenters. The van der Waals surface area contributed by atoms with Gasteiger partial charge in [0.1, 0.15) is 15.8 Å². The molecule has 0 aliphatic heterocycles. The zero-order chi connectivity index (χ0) is 11.5. The molecule has 2 heterocycles. The second kappa shape index (κ2) is 5.30. The van der Waals surface area contributed by atoms with Crippen LogP contribution in [0.2, 0.25) is 5.15 Å². The molecule has 2 rings (SSSR count). The summed E-state index contributed by atoms with van der Waals surface area (Å²) in [5.74, 6) is 1.42. The number of halogens is 2. The SMILES string of the molecule is CCc1cc2c(Cl)nc(CCCCl)nc2s1. The van der Waals surface area contributed by atoms with Crippen LogP contribution in [0.15, 0.2) is 6.07 Å². The number of aromatic nitrogens is 2. The molecule has 0 aliphatic rings. The molecule has 0 atom stereocenters. The van der Waals surface area contributed by atoms with Crippen molar-refractivity contribution >= 4 is 44.8 Å². The molecule has 0 bridgehead atoms. The zero-order valence-electron chi connectivity index (χ0n) is 8.96. The Hall–Kier alpha value is -0.380. The average molecular weight is 275 g/mol. The van der Waals surface area contributed by atoms with E-state index in [2.05, 4.69) is 23.0 Å². The van der Waals surface area contributed by atoms with Gasteiger partial charge in [-0.2, -0.15) is 0 Å². The summed E-state index contributed by atoms with van der Waals surface area (Å²) in [7, 11) is 0. The number of rotatable bonds is 4. The van der Waals surface area contributed by atoms with Gasteiger partial charge in [-0.1, -0.05) is 18.5 Å². The summed E-state index contributed by atoms with van der Waals surface area (Å²) in [6, 6.07) is 2.08. The molecule has 2 aromatic rings. The van der Waals surface area contributed by atoms with Crippen LogP contribution in [0, 0.1) is 0 Å². The van der Waals surface area contributed by atoms with E-state index in [-0.39, 0.29) is 0 Å². The Labute approximate surface area is 109 Å². The summed E-state index contributed by atoms with van der Waals surface area (Å²) in [5.41, 5.74) is 0. The second-order valence-electron chi connectivity index (χ2n) is 3.51. The molecule has 16 heavy (non-hydrogen) atoms. The van der Waals surface area contributed by atoms with E-state index in [0.29, 0.717) is 11.0 Å². The highest BCUT2D eigenvalue weighted by atomic mass is 35.5. The second-order valence-corrected chi connectivity index (χ2v) is 5.36. The first-order valence-corrected chi connectivity index (χ1v) is 6.98. The summed E-state index contributed by atoms with van der Waals surface area (Å²) in [6.45, 7) is 2.13. The number of hydrogen-bond acceptors (Lipinski definition) is 3. The fourth-order valence-electron chi connectivity index (χ4n) is 1.49. The molecule has 0 fully saturated rings. The molecule has 86 valence electrons. The highest BCUT2D eigenvalue weighted by Gasteiger charge is 2.09. The Bertz CT molecular complexity index is 496. The molecule has 5 heteroatoms. The third kappa shape index (κ3) is 2.47. The number of thiophene rings is 1. The topological polar surface area (TPSA) is 25.8 Å². The van der Waals surface area contributed by atoms with Crippen molar-refractivity contribution in [1.82, 2.24) is 9.97 Å². The first kappa shape index (κ1) is 12.1. The highest BCUT2D eigenvalue weighted by molar-refractivity contribution is 7.18. The Morgan fingerprint density at radius 3 is 2.88 bits per heavy atom. The van der Waals surface area contributed by atoms with Crippen LogP contribution in [0.1, 0.15) is 24.0 Å². The van der Waals surface area contributed by atoms with Gasteiger partial charge in [0, 0.05) is 22.6 Å². The molecular weight excluding hydrogens is 263 g/mol. The van der Waals surface area contributed by atoms with E-state index in [1.165, 1.54) is 4.88 Å². The summed E-state index contributed by atoms with van der Waals surface area (Å²) in [4.78, 5) is 11.1. The molecule has 0 saturated carbocycles. The maximum atomic E-state index is 6.13. The van der Waals surface area contributed by atoms with Gasteiger partial charge < -0.3 is 0 Å². The van der Waals surface area contributed by atoms with E-state index < -0.39 is 0 Å². The number of aryl methyl sites for hydroxylation is 2. The van der Waals surface area contributed by atoms with Crippen molar-refractivity contribution in [3.8, 4) is 0 Å². The Morgan fingerprint density at radius 2 is 2.19 bits per heavy atom. The predicted molar refractivity (Wildman–Crippen MR) is 70.8 cm³/mol. The quantitative estimate of drug-likeness (QED) is 0.620. The van der Waals surface area contributed by atoms with E-state index in [9.17, 15) is 0 Å². The number of nitrogens with zero attached hydrogens (tertiary/aromatic N) is 2. The van der Waals surface area contributed by atoms with Gasteiger partial charge in [-0.3, -0.25) is 0 Å². The van der Waals surface area contributed by atoms with Crippen LogP contribution in [0.4, 0.5) is 0 Å². The Balaban J connectivity index is 2.40. The molecule has 2 aromatic heterocycles. The van der Waals surface area contributed by atoms with Crippen molar-refractivity contribution in [2.24, 2.45) is 0 Å². The smallest absolute Gasteiger partial charge is 0.141 e. The summed E-state index contributed by atoms with van der Waals surface area (Å²) in [6.07, 6.45) is 2.68. The van der Waals surface area contributed by atoms with Crippen molar-refractivity contribution in [1.29, 1.82) is 0 Å². The van der Waals surface area contributed by atoms with Gasteiger partial charge in [0.25, 0.3) is 0 Å². The van der Waals surface area contributed by atoms with Crippen LogP contribution in [0.25, 0.3) is 10.2 Å². The molecule has 0 radical (unpaired) electrons. The lowest BCUT2D eigenvalue weighted by atomic mass is 10.3. The van der Waals surface area contributed by atoms with Crippen LogP contribution < -0.4 is 0 Å². The van der Waals surface area contributed by atoms with Crippen molar-refractivity contribution in [2.45, 2.75) is 26.2 Å². The van der Waals surface area contributed by atoms with Gasteiger partial charge in [0.2, 0.25) is 0 Å². The predicted octanol–water partition coefficient (Wildman–Crippen LogP) is 4.08. The summed E-state index contributed by atoms with van der Waals surface area (Å²) in [5, 5.41) is 1.53. The van der Waals surface area contributed by atoms with Crippen LogP contribution in [-0.2, 0) is 12.8 Å². The summed E-state index contributed by atoms with van der Waals surface area (Å²) < 4.78 is 0. The van der Waals surface area contributed by atoms with Crippen molar-refractivity contribution in [3.63, 3.8) is 0 Å². The van der Waals surface area contributed by atoms with Crippen LogP contribution in [0.5, 0.6) is 0 Å². The minimum Gasteiger partial charge on any atom is -0.222 e. The van der Waals surface area contributed by atoms with Crippen LogP contribution in [0.3, 0.4) is 0 Å². The average Bonchev–Trinajstić information content (AvgIpc) is 2.70. The van der Waals surface area contributed by atoms with E-state index in [1.807, 2.05) is 0 Å². The minimum absolute atomic E-state index is 0.561. The lowest BCUT2D eigenvalue weighted by molar-refractivity contribution is 0.850. The van der Waals surface area contributed by atoms with Gasteiger partial charge in [-0.25, -0.2) is 9.97 Å². The fraction of sp³-hybridized carbons (Fsp3) is 0.455. The van der Waals surface area contributed by atoms with E-state index in [0.717, 1.165) is 35.3 Å². The third-order valence-corrected chi connectivity index (χ3v) is 4.05. The third-order valence-electron chi connectivity index (χ3n) is 2.33. The molecule has 2 nitrogen and oxygen atoms in total. The lowest BCUT2D eigenvalue weighted by Crippen LogP contribution is -1.95. The van der Waals surface area contributed by atoms with Gasteiger partial charge in [0.05, 0.1) is 0 Å². The van der Waals surface area contributed by atoms with Gasteiger partial charge in [-0.15, -0.1) is 22.9 Å². The van der Waals surface area contributed by atoms with Gasteiger partial charge in [0.15, 0.2) is 0 Å². The Kier molecular flexibility index (Phi) is 4.00. The largest absolute Gasteiger partial charge is 0.222 e. The van der Waals surface area contributed by atoms with Gasteiger partial charge in [-0.05, 0) is 18.9 Å². The lowest BCUT2D eigenvalue weighted by Gasteiger charge is -1.99. The van der Waals surface area contributed by atoms with E-state index >= 15 is 0 Å². The molecular formula is C11H12Cl2N2S. The first-order valence-electron chi connectivity index (χ1n) is 5.25. The Morgan fingerprint density at radius 1 is 1.38 bits per heavy atom. The van der Waals surface area contributed by atoms with Crippen molar-refractivity contribution in [3.05, 3.63) is 21.9 Å². The fourth-order valence-corrected chi connectivity index (χ4v) is 2.91. The van der Waals surface area contributed by atoms with E-state index in [1.54, 1.807) is 11.3 Å². The van der Waals surface area contributed by atoms with Crippen LogP contribution >= 0.6 is 34.5 Å². The standard InChI is InChI=1S/C11H12Cl2N2S/c1-2-7-6-8-10(13)14-9(4-3-5-12)15-11(8)16-7/h6H,2-5H2,1H3. The van der Waals surface area contributed by atoms with Crippen LogP contribution in [-0.4, -0.2) is 15.8 Å². The maximum Gasteiger partial charge on any atom is 0.141 e. The molecule has 0 saturated heterocycles.